The van der Waals surface area contributed by atoms with Gasteiger partial charge in [0.15, 0.2) is 0 Å². The predicted octanol–water partition coefficient (Wildman–Crippen LogP) is 4.55. The maximum Gasteiger partial charge on any atom is 0.257 e. The molecule has 1 atom stereocenters. The highest BCUT2D eigenvalue weighted by Gasteiger charge is 2.34. The minimum absolute atomic E-state index is 0.0154. The van der Waals surface area contributed by atoms with Crippen molar-refractivity contribution < 1.29 is 4.79 Å². The first-order valence-corrected chi connectivity index (χ1v) is 11.3. The highest BCUT2D eigenvalue weighted by atomic mass is 32.1. The van der Waals surface area contributed by atoms with Crippen LogP contribution in [0.4, 0.5) is 0 Å². The highest BCUT2D eigenvalue weighted by molar-refractivity contribution is 7.12. The van der Waals surface area contributed by atoms with Gasteiger partial charge in [-0.05, 0) is 40.4 Å². The van der Waals surface area contributed by atoms with E-state index in [-0.39, 0.29) is 11.9 Å². The van der Waals surface area contributed by atoms with Crippen LogP contribution >= 0.6 is 22.7 Å². The van der Waals surface area contributed by atoms with Crippen molar-refractivity contribution in [3.63, 3.8) is 0 Å². The summed E-state index contributed by atoms with van der Waals surface area (Å²) in [7, 11) is 0. The van der Waals surface area contributed by atoms with Gasteiger partial charge in [-0.1, -0.05) is 36.4 Å². The van der Waals surface area contributed by atoms with Gasteiger partial charge in [-0.3, -0.25) is 9.69 Å². The summed E-state index contributed by atoms with van der Waals surface area (Å²) < 4.78 is 0. The van der Waals surface area contributed by atoms with Gasteiger partial charge in [0.25, 0.3) is 5.91 Å². The van der Waals surface area contributed by atoms with Crippen molar-refractivity contribution in [3.8, 4) is 0 Å². The Morgan fingerprint density at radius 1 is 1.04 bits per heavy atom. The van der Waals surface area contributed by atoms with Crippen LogP contribution in [0.25, 0.3) is 0 Å². The second-order valence-corrected chi connectivity index (χ2v) is 9.15. The number of nitrogens with zero attached hydrogens (tertiary/aromatic N) is 3. The van der Waals surface area contributed by atoms with Crippen LogP contribution in [0.5, 0.6) is 0 Å². The summed E-state index contributed by atoms with van der Waals surface area (Å²) in [5.74, 6) is 0.0873. The van der Waals surface area contributed by atoms with Crippen molar-refractivity contribution in [1.82, 2.24) is 9.91 Å². The van der Waals surface area contributed by atoms with Crippen molar-refractivity contribution in [1.29, 1.82) is 0 Å². The lowest BCUT2D eigenvalue weighted by atomic mass is 10.00. The topological polar surface area (TPSA) is 35.9 Å². The Bertz CT molecular complexity index is 995. The third-order valence-corrected chi connectivity index (χ3v) is 7.30. The standard InChI is InChI=1S/C22H21N3OS2/c26-22(15-24-10-9-16-5-1-2-6-17(16)14-24)25-19(21-8-4-12-28-21)13-18(23-25)20-7-3-11-27-20/h1-8,11-12,19H,9-10,13-15H2/t19-/m1/s1. The highest BCUT2D eigenvalue weighted by Crippen LogP contribution is 2.36. The van der Waals surface area contributed by atoms with E-state index in [1.54, 1.807) is 27.7 Å². The number of hydrogen-bond donors (Lipinski definition) is 0. The maximum atomic E-state index is 13.2. The Balaban J connectivity index is 1.36. The fourth-order valence-corrected chi connectivity index (χ4v) is 5.52. The van der Waals surface area contributed by atoms with E-state index >= 15 is 0 Å². The fourth-order valence-electron chi connectivity index (χ4n) is 3.99. The number of hydrogen-bond acceptors (Lipinski definition) is 5. The molecule has 4 heterocycles. The van der Waals surface area contributed by atoms with Gasteiger partial charge in [0.05, 0.1) is 23.2 Å². The number of carbonyl (C=O) groups excluding carboxylic acids is 1. The van der Waals surface area contributed by atoms with Gasteiger partial charge >= 0.3 is 0 Å². The largest absolute Gasteiger partial charge is 0.290 e. The molecule has 3 aromatic rings. The molecule has 0 saturated heterocycles. The number of carbonyl (C=O) groups is 1. The van der Waals surface area contributed by atoms with E-state index in [1.807, 2.05) is 12.1 Å². The van der Waals surface area contributed by atoms with Crippen molar-refractivity contribution in [3.05, 3.63) is 80.2 Å². The first-order chi connectivity index (χ1) is 13.8. The Kier molecular flexibility index (Phi) is 4.84. The summed E-state index contributed by atoms with van der Waals surface area (Å²) in [5, 5.41) is 10.6. The normalized spacial score (nSPS) is 19.5. The minimum Gasteiger partial charge on any atom is -0.290 e. The summed E-state index contributed by atoms with van der Waals surface area (Å²) >= 11 is 3.39. The first-order valence-electron chi connectivity index (χ1n) is 9.54. The van der Waals surface area contributed by atoms with Crippen molar-refractivity contribution in [2.45, 2.75) is 25.4 Å². The molecule has 0 spiro atoms. The van der Waals surface area contributed by atoms with Gasteiger partial charge in [0.2, 0.25) is 0 Å². The van der Waals surface area contributed by atoms with E-state index in [0.717, 1.165) is 36.5 Å². The molecule has 2 aromatic heterocycles. The lowest BCUT2D eigenvalue weighted by Crippen LogP contribution is -2.40. The van der Waals surface area contributed by atoms with Gasteiger partial charge in [0.1, 0.15) is 0 Å². The van der Waals surface area contributed by atoms with Crippen LogP contribution in [0, 0.1) is 0 Å². The van der Waals surface area contributed by atoms with E-state index in [4.69, 9.17) is 5.10 Å². The Morgan fingerprint density at radius 3 is 2.64 bits per heavy atom. The van der Waals surface area contributed by atoms with Crippen molar-refractivity contribution >= 4 is 34.3 Å². The van der Waals surface area contributed by atoms with Crippen LogP contribution in [-0.2, 0) is 17.8 Å². The smallest absolute Gasteiger partial charge is 0.257 e. The quantitative estimate of drug-likeness (QED) is 0.636. The molecule has 142 valence electrons. The third-order valence-electron chi connectivity index (χ3n) is 5.41. The summed E-state index contributed by atoms with van der Waals surface area (Å²) in [4.78, 5) is 17.8. The monoisotopic (exact) mass is 407 g/mol. The summed E-state index contributed by atoms with van der Waals surface area (Å²) in [6.07, 6.45) is 1.79. The van der Waals surface area contributed by atoms with Gasteiger partial charge in [0, 0.05) is 24.4 Å². The molecule has 1 aromatic carbocycles. The molecule has 0 fully saturated rings. The SMILES string of the molecule is O=C(CN1CCc2ccccc2C1)N1N=C(c2cccs2)C[C@@H]1c1cccs1. The van der Waals surface area contributed by atoms with Crippen molar-refractivity contribution in [2.75, 3.05) is 13.1 Å². The number of rotatable bonds is 4. The molecule has 0 unspecified atom stereocenters. The maximum absolute atomic E-state index is 13.2. The van der Waals surface area contributed by atoms with E-state index in [0.29, 0.717) is 6.54 Å². The number of fused-ring (bicyclic) bond motifs is 1. The van der Waals surface area contributed by atoms with E-state index < -0.39 is 0 Å². The number of benzene rings is 1. The van der Waals surface area contributed by atoms with Gasteiger partial charge in [-0.2, -0.15) is 5.10 Å². The van der Waals surface area contributed by atoms with Crippen LogP contribution in [0.3, 0.4) is 0 Å². The number of thiophene rings is 2. The second kappa shape index (κ2) is 7.62. The average Bonchev–Trinajstić information content (AvgIpc) is 3.48. The minimum atomic E-state index is 0.0154. The molecular formula is C22H21N3OS2. The second-order valence-electron chi connectivity index (χ2n) is 7.23. The molecular weight excluding hydrogens is 386 g/mol. The number of amides is 1. The molecule has 0 saturated carbocycles. The number of hydrazone groups is 1. The zero-order chi connectivity index (χ0) is 18.9. The lowest BCUT2D eigenvalue weighted by Gasteiger charge is -2.30. The molecule has 28 heavy (non-hydrogen) atoms. The molecule has 4 nitrogen and oxygen atoms in total. The van der Waals surface area contributed by atoms with Gasteiger partial charge < -0.3 is 0 Å². The summed E-state index contributed by atoms with van der Waals surface area (Å²) in [6, 6.07) is 16.8. The molecule has 1 amide bonds. The molecule has 0 aliphatic carbocycles. The lowest BCUT2D eigenvalue weighted by molar-refractivity contribution is -0.134. The van der Waals surface area contributed by atoms with Crippen molar-refractivity contribution in [2.24, 2.45) is 5.10 Å². The molecule has 2 aliphatic heterocycles. The summed E-state index contributed by atoms with van der Waals surface area (Å²) in [6.45, 7) is 2.17. The third kappa shape index (κ3) is 3.43. The Labute approximate surface area is 172 Å². The van der Waals surface area contributed by atoms with E-state index in [2.05, 4.69) is 52.1 Å². The van der Waals surface area contributed by atoms with Crippen LogP contribution in [0.2, 0.25) is 0 Å². The van der Waals surface area contributed by atoms with Crippen LogP contribution < -0.4 is 0 Å². The van der Waals surface area contributed by atoms with Gasteiger partial charge in [-0.15, -0.1) is 22.7 Å². The molecule has 0 bridgehead atoms. The Hall–Kier alpha value is -2.28. The van der Waals surface area contributed by atoms with E-state index in [9.17, 15) is 4.79 Å². The molecule has 5 rings (SSSR count). The zero-order valence-electron chi connectivity index (χ0n) is 15.5. The predicted molar refractivity (Wildman–Crippen MR) is 115 cm³/mol. The fraction of sp³-hybridized carbons (Fsp3) is 0.273. The van der Waals surface area contributed by atoms with Crippen LogP contribution in [0.1, 0.15) is 33.3 Å². The Morgan fingerprint density at radius 2 is 1.86 bits per heavy atom. The van der Waals surface area contributed by atoms with Crippen LogP contribution in [0.15, 0.2) is 64.4 Å². The molecule has 6 heteroatoms. The molecule has 0 N–H and O–H groups in total. The summed E-state index contributed by atoms with van der Waals surface area (Å²) in [5.41, 5.74) is 3.76. The average molecular weight is 408 g/mol. The zero-order valence-corrected chi connectivity index (χ0v) is 17.1. The van der Waals surface area contributed by atoms with E-state index in [1.165, 1.54) is 16.0 Å². The first kappa shape index (κ1) is 17.8. The van der Waals surface area contributed by atoms with Crippen LogP contribution in [-0.4, -0.2) is 34.6 Å². The molecule has 0 radical (unpaired) electrons. The molecule has 2 aliphatic rings. The van der Waals surface area contributed by atoms with Gasteiger partial charge in [-0.25, -0.2) is 5.01 Å².